The molecule has 8 nitrogen and oxygen atoms in total. The van der Waals surface area contributed by atoms with Gasteiger partial charge in [0.25, 0.3) is 0 Å². The number of ether oxygens (including phenoxy) is 2. The minimum Gasteiger partial charge on any atom is -0.494 e. The van der Waals surface area contributed by atoms with Crippen LogP contribution in [0.25, 0.3) is 0 Å². The Hall–Kier alpha value is -3.36. The third-order valence-corrected chi connectivity index (χ3v) is 5.95. The Kier molecular flexibility index (Phi) is 7.26. The summed E-state index contributed by atoms with van der Waals surface area (Å²) in [4.78, 5) is 16.1. The van der Waals surface area contributed by atoms with Crippen molar-refractivity contribution >= 4 is 17.7 Å². The number of aliphatic carboxylic acids is 1. The van der Waals surface area contributed by atoms with E-state index in [9.17, 15) is 14.3 Å². The van der Waals surface area contributed by atoms with Crippen LogP contribution in [0.3, 0.4) is 0 Å². The van der Waals surface area contributed by atoms with Crippen molar-refractivity contribution in [2.45, 2.75) is 57.1 Å². The van der Waals surface area contributed by atoms with E-state index in [1.165, 1.54) is 24.8 Å². The van der Waals surface area contributed by atoms with Crippen LogP contribution in [-0.4, -0.2) is 41.8 Å². The number of aryl methyl sites for hydroxylation is 2. The predicted octanol–water partition coefficient (Wildman–Crippen LogP) is 3.82. The molecule has 2 aliphatic heterocycles. The number of fused-ring (bicyclic) bond motifs is 1. The summed E-state index contributed by atoms with van der Waals surface area (Å²) in [5.74, 6) is -0.198. The van der Waals surface area contributed by atoms with Crippen LogP contribution < -0.4 is 15.5 Å². The zero-order valence-electron chi connectivity index (χ0n) is 18.6. The second kappa shape index (κ2) is 10.5. The molecular formula is C24H29FN4O4. The lowest BCUT2D eigenvalue weighted by molar-refractivity contribution is -0.137. The number of rotatable bonds is 10. The molecule has 0 fully saturated rings. The van der Waals surface area contributed by atoms with Crippen LogP contribution in [0.5, 0.6) is 5.75 Å². The number of pyridine rings is 1. The molecule has 1 aromatic heterocycles. The molecule has 3 heterocycles. The second-order valence-corrected chi connectivity index (χ2v) is 8.36. The first-order chi connectivity index (χ1) is 16.0. The predicted molar refractivity (Wildman–Crippen MR) is 122 cm³/mol. The number of halogens is 1. The molecule has 2 aromatic rings. The van der Waals surface area contributed by atoms with Crippen molar-refractivity contribution in [2.75, 3.05) is 19.0 Å². The van der Waals surface area contributed by atoms with E-state index >= 15 is 0 Å². The number of carbonyl (C=O) groups is 1. The van der Waals surface area contributed by atoms with Crippen LogP contribution in [-0.2, 0) is 22.4 Å². The maximum atomic E-state index is 14.1. The number of anilines is 1. The number of aromatic nitrogens is 1. The number of nitrogens with zero attached hydrogens (tertiary/aromatic N) is 2. The first-order valence-electron chi connectivity index (χ1n) is 11.3. The third kappa shape index (κ3) is 5.91. The largest absolute Gasteiger partial charge is 0.494 e. The van der Waals surface area contributed by atoms with E-state index in [0.717, 1.165) is 43.7 Å². The lowest BCUT2D eigenvalue weighted by atomic mass is 9.91. The van der Waals surface area contributed by atoms with Crippen molar-refractivity contribution in [1.29, 1.82) is 0 Å². The summed E-state index contributed by atoms with van der Waals surface area (Å²) >= 11 is 0. The number of benzene rings is 1. The van der Waals surface area contributed by atoms with Crippen LogP contribution in [0, 0.1) is 5.82 Å². The number of nitrogens with one attached hydrogen (secondary N) is 2. The van der Waals surface area contributed by atoms with Crippen LogP contribution in [0.1, 0.15) is 54.8 Å². The number of carboxylic acids is 1. The summed E-state index contributed by atoms with van der Waals surface area (Å²) in [6.45, 7) is 0.965. The van der Waals surface area contributed by atoms with E-state index in [1.807, 2.05) is 0 Å². The van der Waals surface area contributed by atoms with Gasteiger partial charge in [-0.1, -0.05) is 12.1 Å². The summed E-state index contributed by atoms with van der Waals surface area (Å²) in [5.41, 5.74) is 5.83. The van der Waals surface area contributed by atoms with E-state index in [1.54, 1.807) is 6.07 Å². The minimum absolute atomic E-state index is 0.123. The van der Waals surface area contributed by atoms with Crippen molar-refractivity contribution in [3.05, 3.63) is 53.0 Å². The quantitative estimate of drug-likeness (QED) is 0.499. The zero-order chi connectivity index (χ0) is 23.2. The Balaban J connectivity index is 1.28. The van der Waals surface area contributed by atoms with Gasteiger partial charge in [-0.3, -0.25) is 10.2 Å². The van der Waals surface area contributed by atoms with Gasteiger partial charge in [0.1, 0.15) is 5.82 Å². The Labute approximate surface area is 192 Å². The Morgan fingerprint density at radius 2 is 2.21 bits per heavy atom. The topological polar surface area (TPSA) is 105 Å². The molecular weight excluding hydrogens is 427 g/mol. The van der Waals surface area contributed by atoms with Crippen molar-refractivity contribution in [2.24, 2.45) is 5.10 Å². The van der Waals surface area contributed by atoms with Gasteiger partial charge in [-0.15, -0.1) is 5.10 Å². The monoisotopic (exact) mass is 456 g/mol. The van der Waals surface area contributed by atoms with Gasteiger partial charge < -0.3 is 19.9 Å². The highest BCUT2D eigenvalue weighted by Gasteiger charge is 2.26. The van der Waals surface area contributed by atoms with E-state index in [4.69, 9.17) is 14.5 Å². The highest BCUT2D eigenvalue weighted by molar-refractivity contribution is 5.77. The van der Waals surface area contributed by atoms with Gasteiger partial charge in [-0.2, -0.15) is 0 Å². The molecule has 0 bridgehead atoms. The first kappa shape index (κ1) is 22.8. The number of carboxylic acid groups (broad SMARTS) is 1. The van der Waals surface area contributed by atoms with E-state index in [0.29, 0.717) is 24.3 Å². The normalized spacial score (nSPS) is 17.8. The molecule has 3 N–H and O–H groups in total. The summed E-state index contributed by atoms with van der Waals surface area (Å²) in [7, 11) is 1.39. The van der Waals surface area contributed by atoms with Crippen LogP contribution in [0.4, 0.5) is 10.2 Å². The molecule has 2 atom stereocenters. The van der Waals surface area contributed by atoms with Crippen molar-refractivity contribution < 1.29 is 23.8 Å². The minimum atomic E-state index is -0.956. The molecule has 0 saturated carbocycles. The van der Waals surface area contributed by atoms with Crippen LogP contribution in [0.15, 0.2) is 35.4 Å². The SMILES string of the molecule is COc1ccc(C(CC(=O)O)CC2NN=C(CCCc3ccc4c(n3)NCCC4)O2)cc1F. The molecule has 0 aliphatic carbocycles. The summed E-state index contributed by atoms with van der Waals surface area (Å²) in [6.07, 6.45) is 4.26. The maximum absolute atomic E-state index is 14.1. The summed E-state index contributed by atoms with van der Waals surface area (Å²) < 4.78 is 25.0. The van der Waals surface area contributed by atoms with Gasteiger partial charge in [0, 0.05) is 25.1 Å². The Morgan fingerprint density at radius 3 is 3.00 bits per heavy atom. The van der Waals surface area contributed by atoms with Crippen LogP contribution in [0.2, 0.25) is 0 Å². The number of hydrogen-bond donors (Lipinski definition) is 3. The zero-order valence-corrected chi connectivity index (χ0v) is 18.6. The standard InChI is InChI=1S/C24H29FN4O4/c1-32-20-10-8-16(12-19(20)25)17(14-23(30)31)13-22-29-28-21(33-22)6-2-5-18-9-7-15-4-3-11-26-24(15)27-18/h7-10,12,17,22,29H,2-6,11,13-14H2,1H3,(H,26,27)(H,30,31). The van der Waals surface area contributed by atoms with Gasteiger partial charge >= 0.3 is 5.97 Å². The maximum Gasteiger partial charge on any atom is 0.303 e. The van der Waals surface area contributed by atoms with Crippen LogP contribution >= 0.6 is 0 Å². The average Bonchev–Trinajstić information content (AvgIpc) is 3.25. The van der Waals surface area contributed by atoms with Gasteiger partial charge in [0.2, 0.25) is 5.90 Å². The third-order valence-electron chi connectivity index (χ3n) is 5.95. The fourth-order valence-electron chi connectivity index (χ4n) is 4.25. The molecule has 1 aromatic carbocycles. The molecule has 2 unspecified atom stereocenters. The number of hydrogen-bond acceptors (Lipinski definition) is 7. The molecule has 0 saturated heterocycles. The number of hydrazone groups is 1. The Morgan fingerprint density at radius 1 is 1.33 bits per heavy atom. The lowest BCUT2D eigenvalue weighted by Gasteiger charge is -2.20. The van der Waals surface area contributed by atoms with Crippen molar-refractivity contribution in [3.63, 3.8) is 0 Å². The Bertz CT molecular complexity index is 1030. The molecule has 0 radical (unpaired) electrons. The fraction of sp³-hybridized carbons (Fsp3) is 0.458. The smallest absolute Gasteiger partial charge is 0.303 e. The fourth-order valence-corrected chi connectivity index (χ4v) is 4.25. The average molecular weight is 457 g/mol. The van der Waals surface area contributed by atoms with Gasteiger partial charge in [0.05, 0.1) is 13.5 Å². The van der Waals surface area contributed by atoms with Crippen molar-refractivity contribution in [3.8, 4) is 5.75 Å². The molecule has 0 spiro atoms. The molecule has 4 rings (SSSR count). The summed E-state index contributed by atoms with van der Waals surface area (Å²) in [6, 6.07) is 8.75. The van der Waals surface area contributed by atoms with E-state index in [2.05, 4.69) is 28.0 Å². The van der Waals surface area contributed by atoms with Gasteiger partial charge in [-0.25, -0.2) is 9.37 Å². The number of methoxy groups -OCH3 is 1. The molecule has 2 aliphatic rings. The van der Waals surface area contributed by atoms with Gasteiger partial charge in [0.15, 0.2) is 17.8 Å². The molecule has 9 heteroatoms. The van der Waals surface area contributed by atoms with E-state index < -0.39 is 23.9 Å². The lowest BCUT2D eigenvalue weighted by Crippen LogP contribution is -2.25. The first-order valence-corrected chi connectivity index (χ1v) is 11.3. The van der Waals surface area contributed by atoms with Gasteiger partial charge in [-0.05, 0) is 60.9 Å². The second-order valence-electron chi connectivity index (χ2n) is 8.36. The highest BCUT2D eigenvalue weighted by atomic mass is 19.1. The summed E-state index contributed by atoms with van der Waals surface area (Å²) in [5, 5.41) is 16.9. The molecule has 0 amide bonds. The molecule has 33 heavy (non-hydrogen) atoms. The van der Waals surface area contributed by atoms with E-state index in [-0.39, 0.29) is 12.2 Å². The highest BCUT2D eigenvalue weighted by Crippen LogP contribution is 2.30. The molecule has 176 valence electrons. The van der Waals surface area contributed by atoms with Crippen molar-refractivity contribution in [1.82, 2.24) is 10.4 Å².